The van der Waals surface area contributed by atoms with E-state index in [1.807, 2.05) is 12.1 Å². The Morgan fingerprint density at radius 1 is 0.362 bits per heavy atom. The van der Waals surface area contributed by atoms with E-state index in [0.717, 1.165) is 120 Å². The molecule has 0 aliphatic carbocycles. The Morgan fingerprint density at radius 3 is 1.40 bits per heavy atom. The highest BCUT2D eigenvalue weighted by molar-refractivity contribution is 7.27. The van der Waals surface area contributed by atoms with Gasteiger partial charge in [0.05, 0.1) is 55.0 Å². The van der Waals surface area contributed by atoms with Gasteiger partial charge in [0.2, 0.25) is 5.69 Å². The van der Waals surface area contributed by atoms with Gasteiger partial charge in [0.15, 0.2) is 0 Å². The quantitative estimate of drug-likeness (QED) is 0.147. The maximum atomic E-state index is 12.7. The van der Waals surface area contributed by atoms with Gasteiger partial charge in [-0.1, -0.05) is 212 Å². The number of fused-ring (bicyclic) bond motifs is 14. The summed E-state index contributed by atoms with van der Waals surface area (Å²) in [4.78, 5) is 4.73. The van der Waals surface area contributed by atoms with E-state index in [4.69, 9.17) is 4.85 Å². The molecule has 4 heterocycles. The molecular formula is C74H42N4S2. The molecule has 4 nitrogen and oxygen atoms in total. The topological polar surface area (TPSA) is 38.0 Å². The van der Waals surface area contributed by atoms with Gasteiger partial charge in [-0.3, -0.25) is 0 Å². The monoisotopic (exact) mass is 1050 g/mol. The van der Waals surface area contributed by atoms with Gasteiger partial charge in [0, 0.05) is 63.6 Å². The Balaban J connectivity index is 1.22. The molecule has 6 heteroatoms. The van der Waals surface area contributed by atoms with E-state index in [1.54, 1.807) is 22.7 Å². The second-order valence-corrected chi connectivity index (χ2v) is 22.5. The van der Waals surface area contributed by atoms with Gasteiger partial charge in [-0.05, 0) is 87.0 Å². The van der Waals surface area contributed by atoms with E-state index in [0.29, 0.717) is 22.5 Å². The van der Waals surface area contributed by atoms with Crippen LogP contribution < -0.4 is 0 Å². The molecule has 0 atom stereocenters. The molecule has 16 aromatic rings. The first-order valence-corrected chi connectivity index (χ1v) is 28.4. The predicted molar refractivity (Wildman–Crippen MR) is 339 cm³/mol. The summed E-state index contributed by atoms with van der Waals surface area (Å²) in [6.07, 6.45) is 0. The van der Waals surface area contributed by atoms with Crippen LogP contribution in [0.25, 0.3) is 156 Å². The molecule has 16 rings (SSSR count). The Bertz CT molecular complexity index is 5260. The molecule has 0 unspecified atom stereocenters. The van der Waals surface area contributed by atoms with Crippen LogP contribution in [0.5, 0.6) is 0 Å². The summed E-state index contributed by atoms with van der Waals surface area (Å²) in [5.74, 6) is 0. The third kappa shape index (κ3) is 6.77. The number of hydrogen-bond acceptors (Lipinski definition) is 3. The number of hydrogen-bond donors (Lipinski definition) is 0. The van der Waals surface area contributed by atoms with E-state index in [2.05, 4.69) is 258 Å². The van der Waals surface area contributed by atoms with Crippen LogP contribution in [0.1, 0.15) is 5.56 Å². The van der Waals surface area contributed by atoms with Gasteiger partial charge in [-0.25, -0.2) is 4.85 Å². The first kappa shape index (κ1) is 45.8. The first-order chi connectivity index (χ1) is 39.6. The lowest BCUT2D eigenvalue weighted by Crippen LogP contribution is -2.09. The van der Waals surface area contributed by atoms with Gasteiger partial charge in [-0.15, -0.1) is 22.7 Å². The maximum Gasteiger partial charge on any atom is 0.220 e. The summed E-state index contributed by atoms with van der Waals surface area (Å²) in [5, 5.41) is 21.7. The Labute approximate surface area is 468 Å². The third-order valence-corrected chi connectivity index (χ3v) is 18.5. The number of thiophene rings is 2. The van der Waals surface area contributed by atoms with Crippen molar-refractivity contribution in [2.24, 2.45) is 0 Å². The molecule has 0 saturated carbocycles. The van der Waals surface area contributed by atoms with Crippen molar-refractivity contribution in [2.45, 2.75) is 0 Å². The standard InChI is InChI=1S/C74H42N4S2/c1-76-68-65(50-29-19-27-48(41-50)45-21-5-2-6-22-45)60(44-75)69(66(51-30-20-28-49(42-51)46-23-7-3-8-24-46)71(68)77-61-35-15-11-31-52(61)53-32-12-16-36-62(53)77)78-70-57(40-39-56-54-33-13-17-37-63(54)79-73(56)70)67-58(47-25-9-4-10-26-47)43-59-55-34-14-18-38-64(55)80-74(59)72(67)78/h2-43H. The van der Waals surface area contributed by atoms with Crippen molar-refractivity contribution in [1.29, 1.82) is 5.26 Å². The van der Waals surface area contributed by atoms with Crippen molar-refractivity contribution < 1.29 is 0 Å². The van der Waals surface area contributed by atoms with E-state index in [9.17, 15) is 11.8 Å². The molecule has 0 aliphatic heterocycles. The largest absolute Gasteiger partial charge is 0.318 e. The minimum Gasteiger partial charge on any atom is -0.318 e. The highest BCUT2D eigenvalue weighted by Gasteiger charge is 2.34. The van der Waals surface area contributed by atoms with Crippen LogP contribution in [0.3, 0.4) is 0 Å². The number of benzene rings is 12. The van der Waals surface area contributed by atoms with Crippen LogP contribution in [0.4, 0.5) is 5.69 Å². The number of nitriles is 1. The average molecular weight is 1050 g/mol. The third-order valence-electron chi connectivity index (χ3n) is 16.2. The molecule has 0 spiro atoms. The van der Waals surface area contributed by atoms with Crippen LogP contribution in [-0.2, 0) is 0 Å². The highest BCUT2D eigenvalue weighted by atomic mass is 32.1. The fourth-order valence-electron chi connectivity index (χ4n) is 12.8. The second kappa shape index (κ2) is 18.1. The minimum atomic E-state index is 0.395. The SMILES string of the molecule is [C-]#[N+]c1c(-c2cccc(-c3ccccc3)c2)c(C#N)c(-n2c3c(ccc4c5ccccc5sc43)c3c(-c4ccccc4)cc4c5ccccc5sc4c32)c(-c2cccc(-c3ccccc3)c2)c1-n1c2ccccc2c2ccccc21. The van der Waals surface area contributed by atoms with Crippen LogP contribution in [0.15, 0.2) is 255 Å². The summed E-state index contributed by atoms with van der Waals surface area (Å²) < 4.78 is 9.44. The molecular weight excluding hydrogens is 1010 g/mol. The Kier molecular flexibility index (Phi) is 10.4. The number of para-hydroxylation sites is 2. The molecule has 80 heavy (non-hydrogen) atoms. The molecule has 370 valence electrons. The van der Waals surface area contributed by atoms with E-state index in [-0.39, 0.29) is 0 Å². The van der Waals surface area contributed by atoms with Gasteiger partial charge < -0.3 is 9.13 Å². The van der Waals surface area contributed by atoms with E-state index in [1.165, 1.54) is 20.2 Å². The van der Waals surface area contributed by atoms with Gasteiger partial charge >= 0.3 is 0 Å². The molecule has 0 aliphatic rings. The lowest BCUT2D eigenvalue weighted by atomic mass is 9.87. The van der Waals surface area contributed by atoms with Crippen molar-refractivity contribution >= 4 is 112 Å². The van der Waals surface area contributed by atoms with Crippen molar-refractivity contribution in [2.75, 3.05) is 0 Å². The average Bonchev–Trinajstić information content (AvgIpc) is 4.40. The second-order valence-electron chi connectivity index (χ2n) is 20.4. The minimum absolute atomic E-state index is 0.395. The molecule has 0 amide bonds. The molecule has 0 fully saturated rings. The zero-order valence-electron chi connectivity index (χ0n) is 42.9. The smallest absolute Gasteiger partial charge is 0.220 e. The summed E-state index contributed by atoms with van der Waals surface area (Å²) in [6, 6.07) is 93.4. The zero-order valence-corrected chi connectivity index (χ0v) is 44.5. The fourth-order valence-corrected chi connectivity index (χ4v) is 15.2. The summed E-state index contributed by atoms with van der Waals surface area (Å²) in [6.45, 7) is 9.69. The molecule has 0 bridgehead atoms. The highest BCUT2D eigenvalue weighted by Crippen LogP contribution is 2.56. The van der Waals surface area contributed by atoms with Crippen molar-refractivity contribution in [3.05, 3.63) is 272 Å². The first-order valence-electron chi connectivity index (χ1n) is 26.8. The lowest BCUT2D eigenvalue weighted by Gasteiger charge is -2.26. The summed E-state index contributed by atoms with van der Waals surface area (Å²) in [7, 11) is 0. The van der Waals surface area contributed by atoms with Crippen LogP contribution in [0, 0.1) is 17.9 Å². The lowest BCUT2D eigenvalue weighted by molar-refractivity contribution is 1.14. The summed E-state index contributed by atoms with van der Waals surface area (Å²) >= 11 is 3.61. The van der Waals surface area contributed by atoms with E-state index >= 15 is 0 Å². The zero-order chi connectivity index (χ0) is 53.0. The molecule has 4 aromatic heterocycles. The van der Waals surface area contributed by atoms with Crippen LogP contribution in [0.2, 0.25) is 0 Å². The van der Waals surface area contributed by atoms with Crippen molar-refractivity contribution in [3.63, 3.8) is 0 Å². The van der Waals surface area contributed by atoms with Gasteiger partial charge in [0.1, 0.15) is 6.07 Å². The normalized spacial score (nSPS) is 11.7. The molecule has 0 N–H and O–H groups in total. The maximum absolute atomic E-state index is 12.7. The van der Waals surface area contributed by atoms with Crippen molar-refractivity contribution in [1.82, 2.24) is 9.13 Å². The van der Waals surface area contributed by atoms with Crippen LogP contribution in [-0.4, -0.2) is 9.13 Å². The Morgan fingerprint density at radius 2 is 0.825 bits per heavy atom. The fraction of sp³-hybridized carbons (Fsp3) is 0. The van der Waals surface area contributed by atoms with Gasteiger partial charge in [-0.2, -0.15) is 5.26 Å². The summed E-state index contributed by atoms with van der Waals surface area (Å²) in [5.41, 5.74) is 15.6. The number of nitrogens with zero attached hydrogens (tertiary/aromatic N) is 4. The predicted octanol–water partition coefficient (Wildman–Crippen LogP) is 21.4. The molecule has 0 radical (unpaired) electrons. The van der Waals surface area contributed by atoms with Crippen LogP contribution >= 0.6 is 22.7 Å². The number of rotatable bonds is 7. The van der Waals surface area contributed by atoms with Crippen molar-refractivity contribution in [3.8, 4) is 73.1 Å². The molecule has 0 saturated heterocycles. The number of aromatic nitrogens is 2. The molecule has 12 aromatic carbocycles. The van der Waals surface area contributed by atoms with Gasteiger partial charge in [0.25, 0.3) is 0 Å². The Hall–Kier alpha value is -10.3. The van der Waals surface area contributed by atoms with E-state index < -0.39 is 0 Å².